The summed E-state index contributed by atoms with van der Waals surface area (Å²) in [6.45, 7) is 16.4. The number of allylic oxidation sites excluding steroid dienone is 4. The van der Waals surface area contributed by atoms with Gasteiger partial charge in [-0.1, -0.05) is 52.8 Å². The van der Waals surface area contributed by atoms with Crippen molar-refractivity contribution in [1.29, 1.82) is 0 Å². The molecule has 1 aromatic rings. The van der Waals surface area contributed by atoms with Crippen molar-refractivity contribution < 1.29 is 14.7 Å². The van der Waals surface area contributed by atoms with Gasteiger partial charge in [0.15, 0.2) is 5.78 Å². The largest absolute Gasteiger partial charge is 0.480 e. The SMILES string of the molecule is C/C=C(\C=C(\C)C(=O)CC)C(=Nc1cc(CNC(CC(C)C)C(=O)O)ccc1C)C(C)C. The summed E-state index contributed by atoms with van der Waals surface area (Å²) >= 11 is 0. The molecule has 0 heterocycles. The molecule has 176 valence electrons. The Labute approximate surface area is 193 Å². The van der Waals surface area contributed by atoms with Crippen LogP contribution in [0.4, 0.5) is 5.69 Å². The Morgan fingerprint density at radius 1 is 1.19 bits per heavy atom. The number of aliphatic imine (C=N–C) groups is 1. The van der Waals surface area contributed by atoms with Gasteiger partial charge in [0.05, 0.1) is 11.4 Å². The third-order valence-corrected chi connectivity index (χ3v) is 5.36. The Kier molecular flexibility index (Phi) is 11.3. The van der Waals surface area contributed by atoms with Gasteiger partial charge in [-0.25, -0.2) is 0 Å². The number of aliphatic carboxylic acids is 1. The fraction of sp³-hybridized carbons (Fsp3) is 0.519. The lowest BCUT2D eigenvalue weighted by Gasteiger charge is -2.17. The molecule has 0 aliphatic heterocycles. The van der Waals surface area contributed by atoms with Gasteiger partial charge in [-0.3, -0.25) is 14.6 Å². The molecule has 1 rings (SSSR count). The number of Topliss-reactive ketones (excluding diaryl/α,β-unsaturated/α-hetero) is 1. The molecule has 0 saturated heterocycles. The van der Waals surface area contributed by atoms with E-state index < -0.39 is 12.0 Å². The van der Waals surface area contributed by atoms with E-state index in [4.69, 9.17) is 4.99 Å². The predicted octanol–water partition coefficient (Wildman–Crippen LogP) is 6.18. The normalized spacial score (nSPS) is 14.2. The van der Waals surface area contributed by atoms with E-state index in [1.165, 1.54) is 0 Å². The first-order chi connectivity index (χ1) is 15.0. The maximum atomic E-state index is 12.1. The van der Waals surface area contributed by atoms with Crippen LogP contribution >= 0.6 is 0 Å². The van der Waals surface area contributed by atoms with E-state index in [1.807, 2.05) is 71.9 Å². The minimum absolute atomic E-state index is 0.131. The third-order valence-electron chi connectivity index (χ3n) is 5.36. The van der Waals surface area contributed by atoms with E-state index in [0.717, 1.165) is 33.7 Å². The lowest BCUT2D eigenvalue weighted by atomic mass is 9.96. The average Bonchev–Trinajstić information content (AvgIpc) is 2.73. The topological polar surface area (TPSA) is 78.8 Å². The van der Waals surface area contributed by atoms with Crippen molar-refractivity contribution in [2.75, 3.05) is 0 Å². The Morgan fingerprint density at radius 2 is 1.84 bits per heavy atom. The zero-order valence-corrected chi connectivity index (χ0v) is 21.0. The molecule has 1 unspecified atom stereocenters. The quantitative estimate of drug-likeness (QED) is 0.231. The fourth-order valence-corrected chi connectivity index (χ4v) is 3.42. The molecule has 0 spiro atoms. The highest BCUT2D eigenvalue weighted by Gasteiger charge is 2.18. The molecule has 0 bridgehead atoms. The van der Waals surface area contributed by atoms with Gasteiger partial charge in [0.2, 0.25) is 0 Å². The number of carbonyl (C=O) groups is 2. The van der Waals surface area contributed by atoms with Crippen molar-refractivity contribution in [3.63, 3.8) is 0 Å². The molecule has 0 aromatic heterocycles. The van der Waals surface area contributed by atoms with Crippen molar-refractivity contribution in [3.8, 4) is 0 Å². The lowest BCUT2D eigenvalue weighted by Crippen LogP contribution is -2.37. The van der Waals surface area contributed by atoms with Crippen LogP contribution in [0.3, 0.4) is 0 Å². The van der Waals surface area contributed by atoms with Crippen LogP contribution in [0.2, 0.25) is 0 Å². The highest BCUT2D eigenvalue weighted by molar-refractivity contribution is 6.07. The number of carboxylic acid groups (broad SMARTS) is 1. The van der Waals surface area contributed by atoms with Crippen LogP contribution in [0.15, 0.2) is 46.5 Å². The van der Waals surface area contributed by atoms with Gasteiger partial charge in [-0.15, -0.1) is 0 Å². The van der Waals surface area contributed by atoms with Crippen LogP contribution in [0, 0.1) is 18.8 Å². The van der Waals surface area contributed by atoms with Crippen LogP contribution in [-0.2, 0) is 16.1 Å². The monoisotopic (exact) mass is 440 g/mol. The number of nitrogens with zero attached hydrogens (tertiary/aromatic N) is 1. The van der Waals surface area contributed by atoms with E-state index in [-0.39, 0.29) is 11.7 Å². The summed E-state index contributed by atoms with van der Waals surface area (Å²) < 4.78 is 0. The second kappa shape index (κ2) is 13.1. The van der Waals surface area contributed by atoms with Crippen LogP contribution in [-0.4, -0.2) is 28.6 Å². The molecule has 1 aromatic carbocycles. The minimum atomic E-state index is -0.826. The van der Waals surface area contributed by atoms with Gasteiger partial charge in [-0.05, 0) is 73.4 Å². The Morgan fingerprint density at radius 3 is 2.34 bits per heavy atom. The van der Waals surface area contributed by atoms with Gasteiger partial charge in [0.1, 0.15) is 6.04 Å². The zero-order chi connectivity index (χ0) is 24.4. The number of ketones is 1. The second-order valence-electron chi connectivity index (χ2n) is 9.02. The highest BCUT2D eigenvalue weighted by Crippen LogP contribution is 2.24. The van der Waals surface area contributed by atoms with Gasteiger partial charge in [0, 0.05) is 13.0 Å². The number of nitrogens with one attached hydrogen (secondary N) is 1. The van der Waals surface area contributed by atoms with Gasteiger partial charge in [0.25, 0.3) is 0 Å². The number of rotatable bonds is 12. The molecule has 1 atom stereocenters. The number of carbonyl (C=O) groups excluding carboxylic acids is 1. The standard InChI is InChI=1S/C27H40N2O3/c1-9-22(14-20(8)25(30)10-2)26(18(5)6)29-23-15-21(12-11-19(23)7)16-28-24(27(31)32)13-17(3)4/h9,11-12,14-15,17-18,24,28H,10,13,16H2,1-8H3,(H,31,32)/b20-14-,22-9+,29-26?. The molecule has 5 heteroatoms. The molecule has 2 N–H and O–H groups in total. The molecular weight excluding hydrogens is 400 g/mol. The number of carboxylic acids is 1. The summed E-state index contributed by atoms with van der Waals surface area (Å²) in [4.78, 5) is 28.6. The Hall–Kier alpha value is -2.53. The van der Waals surface area contributed by atoms with Gasteiger partial charge < -0.3 is 10.4 Å². The summed E-state index contributed by atoms with van der Waals surface area (Å²) in [6.07, 6.45) is 4.98. The summed E-state index contributed by atoms with van der Waals surface area (Å²) in [5.41, 5.74) is 5.49. The Balaban J connectivity index is 3.26. The lowest BCUT2D eigenvalue weighted by molar-refractivity contribution is -0.140. The van der Waals surface area contributed by atoms with Crippen LogP contribution in [0.25, 0.3) is 0 Å². The second-order valence-corrected chi connectivity index (χ2v) is 9.02. The third kappa shape index (κ3) is 8.54. The molecule has 0 aliphatic rings. The zero-order valence-electron chi connectivity index (χ0n) is 21.0. The molecule has 32 heavy (non-hydrogen) atoms. The molecule has 5 nitrogen and oxygen atoms in total. The highest BCUT2D eigenvalue weighted by atomic mass is 16.4. The first-order valence-electron chi connectivity index (χ1n) is 11.5. The maximum Gasteiger partial charge on any atom is 0.320 e. The number of aryl methyl sites for hydroxylation is 1. The Bertz CT molecular complexity index is 892. The van der Waals surface area contributed by atoms with Crippen LogP contribution in [0.5, 0.6) is 0 Å². The van der Waals surface area contributed by atoms with Crippen molar-refractivity contribution in [2.45, 2.75) is 80.8 Å². The predicted molar refractivity (Wildman–Crippen MR) is 134 cm³/mol. The summed E-state index contributed by atoms with van der Waals surface area (Å²) in [5, 5.41) is 12.6. The van der Waals surface area contributed by atoms with E-state index in [2.05, 4.69) is 19.2 Å². The first kappa shape index (κ1) is 27.5. The molecule has 0 saturated carbocycles. The summed E-state index contributed by atoms with van der Waals surface area (Å²) in [7, 11) is 0. The molecule has 0 radical (unpaired) electrons. The molecule has 0 aliphatic carbocycles. The fourth-order valence-electron chi connectivity index (χ4n) is 3.42. The maximum absolute atomic E-state index is 12.1. The van der Waals surface area contributed by atoms with E-state index in [1.54, 1.807) is 0 Å². The van der Waals surface area contributed by atoms with Crippen molar-refractivity contribution in [2.24, 2.45) is 16.8 Å². The molecule has 0 amide bonds. The van der Waals surface area contributed by atoms with Crippen LogP contribution < -0.4 is 5.32 Å². The van der Waals surface area contributed by atoms with Crippen molar-refractivity contribution >= 4 is 23.2 Å². The van der Waals surface area contributed by atoms with Gasteiger partial charge >= 0.3 is 5.97 Å². The van der Waals surface area contributed by atoms with Crippen LogP contribution in [0.1, 0.15) is 72.4 Å². The number of hydrogen-bond donors (Lipinski definition) is 2. The van der Waals surface area contributed by atoms with E-state index >= 15 is 0 Å². The minimum Gasteiger partial charge on any atom is -0.480 e. The van der Waals surface area contributed by atoms with E-state index in [0.29, 0.717) is 25.3 Å². The van der Waals surface area contributed by atoms with E-state index in [9.17, 15) is 14.7 Å². The van der Waals surface area contributed by atoms with Crippen molar-refractivity contribution in [1.82, 2.24) is 5.32 Å². The smallest absolute Gasteiger partial charge is 0.320 e. The van der Waals surface area contributed by atoms with Crippen molar-refractivity contribution in [3.05, 3.63) is 52.6 Å². The first-order valence-corrected chi connectivity index (χ1v) is 11.5. The summed E-state index contributed by atoms with van der Waals surface area (Å²) in [5.74, 6) is -0.227. The summed E-state index contributed by atoms with van der Waals surface area (Å²) in [6, 6.07) is 5.46. The molecule has 0 fully saturated rings. The molecular formula is C27H40N2O3. The number of benzene rings is 1. The van der Waals surface area contributed by atoms with Gasteiger partial charge in [-0.2, -0.15) is 0 Å². The average molecular weight is 441 g/mol. The number of hydrogen-bond acceptors (Lipinski definition) is 4.